The van der Waals surface area contributed by atoms with E-state index in [0.29, 0.717) is 34.7 Å². The number of rotatable bonds is 6. The Morgan fingerprint density at radius 2 is 1.75 bits per heavy atom. The van der Waals surface area contributed by atoms with Gasteiger partial charge in [0.25, 0.3) is 5.91 Å². The monoisotopic (exact) mass is 328 g/mol. The van der Waals surface area contributed by atoms with Crippen molar-refractivity contribution in [2.75, 3.05) is 17.7 Å². The summed E-state index contributed by atoms with van der Waals surface area (Å²) in [6, 6.07) is 11.7. The highest BCUT2D eigenvalue weighted by Gasteiger charge is 2.10. The lowest BCUT2D eigenvalue weighted by molar-refractivity contribution is -0.115. The number of methoxy groups -OCH3 is 1. The Bertz CT molecular complexity index is 726. The van der Waals surface area contributed by atoms with Crippen molar-refractivity contribution >= 4 is 23.2 Å². The number of benzene rings is 2. The Morgan fingerprint density at radius 1 is 1.04 bits per heavy atom. The maximum absolute atomic E-state index is 12.4. The van der Waals surface area contributed by atoms with Crippen LogP contribution in [0, 0.1) is 0 Å². The molecule has 0 saturated heterocycles. The van der Waals surface area contributed by atoms with Crippen LogP contribution in [0.25, 0.3) is 0 Å². The number of aliphatic hydroxyl groups excluding tert-OH is 1. The molecule has 0 atom stereocenters. The number of ether oxygens (including phenoxy) is 1. The van der Waals surface area contributed by atoms with Gasteiger partial charge in [-0.2, -0.15) is 0 Å². The highest BCUT2D eigenvalue weighted by Crippen LogP contribution is 2.19. The van der Waals surface area contributed by atoms with Crippen molar-refractivity contribution in [3.05, 3.63) is 53.6 Å². The predicted octanol–water partition coefficient (Wildman–Crippen LogP) is 2.79. The third-order valence-corrected chi connectivity index (χ3v) is 3.39. The van der Waals surface area contributed by atoms with Crippen LogP contribution in [0.15, 0.2) is 42.5 Å². The molecule has 0 spiro atoms. The minimum absolute atomic E-state index is 0.161. The Morgan fingerprint density at radius 3 is 2.33 bits per heavy atom. The van der Waals surface area contributed by atoms with Gasteiger partial charge in [-0.25, -0.2) is 0 Å². The molecule has 2 amide bonds. The largest absolute Gasteiger partial charge is 0.497 e. The summed E-state index contributed by atoms with van der Waals surface area (Å²) in [5.41, 5.74) is 2.00. The van der Waals surface area contributed by atoms with Crippen LogP contribution in [-0.2, 0) is 11.4 Å². The van der Waals surface area contributed by atoms with Gasteiger partial charge in [-0.05, 0) is 48.0 Å². The molecule has 2 aromatic rings. The molecular weight excluding hydrogens is 308 g/mol. The van der Waals surface area contributed by atoms with Crippen molar-refractivity contribution in [2.24, 2.45) is 0 Å². The quantitative estimate of drug-likeness (QED) is 0.761. The van der Waals surface area contributed by atoms with Gasteiger partial charge in [-0.15, -0.1) is 0 Å². The summed E-state index contributed by atoms with van der Waals surface area (Å²) in [6.07, 6.45) is 0.330. The SMILES string of the molecule is CCC(=O)Nc1cc(CO)cc(C(=O)Nc2ccc(OC)cc2)c1. The second-order valence-electron chi connectivity index (χ2n) is 5.16. The summed E-state index contributed by atoms with van der Waals surface area (Å²) in [4.78, 5) is 23.9. The lowest BCUT2D eigenvalue weighted by Crippen LogP contribution is -2.14. The third-order valence-electron chi connectivity index (χ3n) is 3.39. The Kier molecular flexibility index (Phi) is 5.92. The fourth-order valence-electron chi connectivity index (χ4n) is 2.11. The molecule has 2 aromatic carbocycles. The fraction of sp³-hybridized carbons (Fsp3) is 0.222. The molecule has 0 aliphatic rings. The van der Waals surface area contributed by atoms with Gasteiger partial charge in [0.1, 0.15) is 5.75 Å². The molecule has 0 radical (unpaired) electrons. The van der Waals surface area contributed by atoms with Crippen LogP contribution in [0.2, 0.25) is 0 Å². The Hall–Kier alpha value is -2.86. The first-order chi connectivity index (χ1) is 11.5. The number of anilines is 2. The van der Waals surface area contributed by atoms with E-state index in [1.807, 2.05) is 0 Å². The Balaban J connectivity index is 2.20. The van der Waals surface area contributed by atoms with E-state index in [0.717, 1.165) is 0 Å². The molecule has 2 rings (SSSR count). The number of aliphatic hydroxyl groups is 1. The second-order valence-corrected chi connectivity index (χ2v) is 5.16. The lowest BCUT2D eigenvalue weighted by atomic mass is 10.1. The van der Waals surface area contributed by atoms with Gasteiger partial charge in [0.2, 0.25) is 5.91 Å². The highest BCUT2D eigenvalue weighted by molar-refractivity contribution is 6.05. The van der Waals surface area contributed by atoms with E-state index >= 15 is 0 Å². The number of nitrogens with one attached hydrogen (secondary N) is 2. The molecule has 0 aliphatic carbocycles. The number of amides is 2. The molecule has 24 heavy (non-hydrogen) atoms. The van der Waals surface area contributed by atoms with Crippen molar-refractivity contribution in [3.63, 3.8) is 0 Å². The number of hydrogen-bond donors (Lipinski definition) is 3. The van der Waals surface area contributed by atoms with E-state index in [4.69, 9.17) is 4.74 Å². The van der Waals surface area contributed by atoms with Crippen LogP contribution in [0.1, 0.15) is 29.3 Å². The van der Waals surface area contributed by atoms with Crippen LogP contribution in [0.5, 0.6) is 5.75 Å². The Labute approximate surface area is 140 Å². The van der Waals surface area contributed by atoms with Crippen LogP contribution in [0.4, 0.5) is 11.4 Å². The second kappa shape index (κ2) is 8.12. The van der Waals surface area contributed by atoms with Crippen LogP contribution in [0.3, 0.4) is 0 Å². The maximum atomic E-state index is 12.4. The molecule has 0 saturated carbocycles. The van der Waals surface area contributed by atoms with Crippen molar-refractivity contribution in [2.45, 2.75) is 20.0 Å². The van der Waals surface area contributed by atoms with Gasteiger partial charge >= 0.3 is 0 Å². The van der Waals surface area contributed by atoms with Gasteiger partial charge in [0, 0.05) is 23.4 Å². The van der Waals surface area contributed by atoms with Crippen molar-refractivity contribution < 1.29 is 19.4 Å². The van der Waals surface area contributed by atoms with Gasteiger partial charge in [-0.1, -0.05) is 6.92 Å². The van der Waals surface area contributed by atoms with Gasteiger partial charge in [0.05, 0.1) is 13.7 Å². The molecule has 6 nitrogen and oxygen atoms in total. The predicted molar refractivity (Wildman–Crippen MR) is 92.2 cm³/mol. The standard InChI is InChI=1S/C18H20N2O4/c1-3-17(22)19-15-9-12(11-21)8-13(10-15)18(23)20-14-4-6-16(24-2)7-5-14/h4-10,21H,3,11H2,1-2H3,(H,19,22)(H,20,23). The first-order valence-corrected chi connectivity index (χ1v) is 7.55. The molecule has 0 heterocycles. The summed E-state index contributed by atoms with van der Waals surface area (Å²) in [7, 11) is 1.57. The minimum atomic E-state index is -0.331. The average molecular weight is 328 g/mol. The smallest absolute Gasteiger partial charge is 0.255 e. The summed E-state index contributed by atoms with van der Waals surface area (Å²) < 4.78 is 5.07. The summed E-state index contributed by atoms with van der Waals surface area (Å²) in [5, 5.41) is 14.8. The van der Waals surface area contributed by atoms with E-state index in [9.17, 15) is 14.7 Å². The van der Waals surface area contributed by atoms with Crippen LogP contribution < -0.4 is 15.4 Å². The molecular formula is C18H20N2O4. The zero-order valence-corrected chi connectivity index (χ0v) is 13.6. The molecule has 3 N–H and O–H groups in total. The molecule has 126 valence electrons. The highest BCUT2D eigenvalue weighted by atomic mass is 16.5. The minimum Gasteiger partial charge on any atom is -0.497 e. The molecule has 0 fully saturated rings. The first-order valence-electron chi connectivity index (χ1n) is 7.55. The van der Waals surface area contributed by atoms with E-state index in [2.05, 4.69) is 10.6 Å². The lowest BCUT2D eigenvalue weighted by Gasteiger charge is -2.10. The molecule has 0 aliphatic heterocycles. The normalized spacial score (nSPS) is 10.1. The topological polar surface area (TPSA) is 87.7 Å². The number of carbonyl (C=O) groups excluding carboxylic acids is 2. The van der Waals surface area contributed by atoms with Crippen LogP contribution in [-0.4, -0.2) is 24.0 Å². The number of carbonyl (C=O) groups is 2. The molecule has 0 unspecified atom stereocenters. The molecule has 0 bridgehead atoms. The zero-order valence-electron chi connectivity index (χ0n) is 13.6. The van der Waals surface area contributed by atoms with Gasteiger partial charge < -0.3 is 20.5 Å². The zero-order chi connectivity index (χ0) is 17.5. The van der Waals surface area contributed by atoms with Crippen molar-refractivity contribution in [1.82, 2.24) is 0 Å². The molecule has 6 heteroatoms. The van der Waals surface area contributed by atoms with E-state index in [1.165, 1.54) is 0 Å². The first kappa shape index (κ1) is 17.5. The van der Waals surface area contributed by atoms with Crippen molar-refractivity contribution in [3.8, 4) is 5.75 Å². The third kappa shape index (κ3) is 4.57. The van der Waals surface area contributed by atoms with E-state index < -0.39 is 0 Å². The van der Waals surface area contributed by atoms with Gasteiger partial charge in [-0.3, -0.25) is 9.59 Å². The summed E-state index contributed by atoms with van der Waals surface area (Å²) >= 11 is 0. The van der Waals surface area contributed by atoms with Crippen molar-refractivity contribution in [1.29, 1.82) is 0 Å². The van der Waals surface area contributed by atoms with Gasteiger partial charge in [0.15, 0.2) is 0 Å². The fourth-order valence-corrected chi connectivity index (χ4v) is 2.11. The van der Waals surface area contributed by atoms with E-state index in [1.54, 1.807) is 56.5 Å². The van der Waals surface area contributed by atoms with E-state index in [-0.39, 0.29) is 18.4 Å². The number of hydrogen-bond acceptors (Lipinski definition) is 4. The molecule has 0 aromatic heterocycles. The summed E-state index contributed by atoms with van der Waals surface area (Å²) in [5.74, 6) is 0.203. The average Bonchev–Trinajstić information content (AvgIpc) is 2.61. The maximum Gasteiger partial charge on any atom is 0.255 e. The van der Waals surface area contributed by atoms with Crippen LogP contribution >= 0.6 is 0 Å². The summed E-state index contributed by atoms with van der Waals surface area (Å²) in [6.45, 7) is 1.52.